The third-order valence-electron chi connectivity index (χ3n) is 3.61. The van der Waals surface area contributed by atoms with Crippen LogP contribution >= 0.6 is 0 Å². The quantitative estimate of drug-likeness (QED) is 0.897. The number of para-hydroxylation sites is 1. The number of aryl methyl sites for hydroxylation is 1. The van der Waals surface area contributed by atoms with E-state index in [0.29, 0.717) is 6.04 Å². The fourth-order valence-electron chi connectivity index (χ4n) is 2.56. The predicted molar refractivity (Wildman–Crippen MR) is 71.4 cm³/mol. The van der Waals surface area contributed by atoms with E-state index in [-0.39, 0.29) is 0 Å². The largest absolute Gasteiger partial charge is 0.381 e. The molecule has 0 aliphatic carbocycles. The number of fused-ring (bicyclic) bond motifs is 1. The second kappa shape index (κ2) is 5.08. The first-order valence-electron chi connectivity index (χ1n) is 6.56. The van der Waals surface area contributed by atoms with Gasteiger partial charge in [0.05, 0.1) is 11.2 Å². The smallest absolute Gasteiger partial charge is 0.0841 e. The van der Waals surface area contributed by atoms with Crippen LogP contribution in [0.25, 0.3) is 10.9 Å². The molecule has 0 radical (unpaired) electrons. The van der Waals surface area contributed by atoms with E-state index in [2.05, 4.69) is 34.7 Å². The molecule has 0 atom stereocenters. The van der Waals surface area contributed by atoms with Gasteiger partial charge in [-0.25, -0.2) is 0 Å². The third-order valence-corrected chi connectivity index (χ3v) is 3.61. The number of aromatic nitrogens is 2. The fraction of sp³-hybridized carbons (Fsp3) is 0.500. The summed E-state index contributed by atoms with van der Waals surface area (Å²) in [5.74, 6) is 0. The summed E-state index contributed by atoms with van der Waals surface area (Å²) >= 11 is 0. The van der Waals surface area contributed by atoms with Gasteiger partial charge < -0.3 is 10.1 Å². The Hall–Kier alpha value is -1.39. The van der Waals surface area contributed by atoms with Crippen molar-refractivity contribution >= 4 is 10.9 Å². The van der Waals surface area contributed by atoms with Crippen molar-refractivity contribution in [2.45, 2.75) is 25.4 Å². The summed E-state index contributed by atoms with van der Waals surface area (Å²) < 4.78 is 7.32. The Morgan fingerprint density at radius 1 is 1.33 bits per heavy atom. The van der Waals surface area contributed by atoms with Crippen molar-refractivity contribution in [3.8, 4) is 0 Å². The van der Waals surface area contributed by atoms with Gasteiger partial charge in [0.2, 0.25) is 0 Å². The molecule has 1 aromatic heterocycles. The number of nitrogens with one attached hydrogen (secondary N) is 1. The number of hydrogen-bond donors (Lipinski definition) is 1. The molecular weight excluding hydrogens is 226 g/mol. The number of nitrogens with zero attached hydrogens (tertiary/aromatic N) is 2. The lowest BCUT2D eigenvalue weighted by molar-refractivity contribution is 0.0775. The summed E-state index contributed by atoms with van der Waals surface area (Å²) in [7, 11) is 2.00. The van der Waals surface area contributed by atoms with Crippen LogP contribution in [-0.2, 0) is 18.3 Å². The van der Waals surface area contributed by atoms with Gasteiger partial charge in [-0.1, -0.05) is 18.2 Å². The number of benzene rings is 1. The van der Waals surface area contributed by atoms with Crippen LogP contribution in [0.3, 0.4) is 0 Å². The van der Waals surface area contributed by atoms with E-state index >= 15 is 0 Å². The minimum atomic E-state index is 0.569. The maximum Gasteiger partial charge on any atom is 0.0841 e. The Bertz CT molecular complexity index is 529. The van der Waals surface area contributed by atoms with Crippen LogP contribution in [0.1, 0.15) is 18.5 Å². The van der Waals surface area contributed by atoms with Crippen molar-refractivity contribution in [2.75, 3.05) is 13.2 Å². The van der Waals surface area contributed by atoms with Gasteiger partial charge in [0.1, 0.15) is 0 Å². The zero-order valence-corrected chi connectivity index (χ0v) is 10.7. The molecule has 96 valence electrons. The highest BCUT2D eigenvalue weighted by Gasteiger charge is 2.14. The zero-order chi connectivity index (χ0) is 12.4. The van der Waals surface area contributed by atoms with Crippen LogP contribution in [0.15, 0.2) is 24.3 Å². The molecular formula is C14H19N3O. The van der Waals surface area contributed by atoms with E-state index in [4.69, 9.17) is 4.74 Å². The van der Waals surface area contributed by atoms with Crippen molar-refractivity contribution in [2.24, 2.45) is 7.05 Å². The monoisotopic (exact) mass is 245 g/mol. The standard InChI is InChI=1S/C14H19N3O/c1-17-14-5-3-2-4-12(14)13(16-17)10-15-11-6-8-18-9-7-11/h2-5,11,15H,6-10H2,1H3. The predicted octanol–water partition coefficient (Wildman–Crippen LogP) is 1.84. The maximum absolute atomic E-state index is 5.37. The van der Waals surface area contributed by atoms with Gasteiger partial charge in [0.25, 0.3) is 0 Å². The highest BCUT2D eigenvalue weighted by atomic mass is 16.5. The topological polar surface area (TPSA) is 39.1 Å². The van der Waals surface area contributed by atoms with Gasteiger partial charge in [-0.05, 0) is 18.9 Å². The number of ether oxygens (including phenoxy) is 1. The molecule has 0 bridgehead atoms. The Balaban J connectivity index is 1.74. The first-order valence-corrected chi connectivity index (χ1v) is 6.56. The summed E-state index contributed by atoms with van der Waals surface area (Å²) in [5, 5.41) is 9.43. The zero-order valence-electron chi connectivity index (χ0n) is 10.7. The Morgan fingerprint density at radius 3 is 2.94 bits per heavy atom. The van der Waals surface area contributed by atoms with Gasteiger partial charge in [0, 0.05) is 38.2 Å². The molecule has 4 nitrogen and oxygen atoms in total. The van der Waals surface area contributed by atoms with Gasteiger partial charge in [0.15, 0.2) is 0 Å². The molecule has 2 heterocycles. The number of hydrogen-bond acceptors (Lipinski definition) is 3. The van der Waals surface area contributed by atoms with E-state index in [0.717, 1.165) is 38.3 Å². The van der Waals surface area contributed by atoms with Gasteiger partial charge >= 0.3 is 0 Å². The van der Waals surface area contributed by atoms with E-state index < -0.39 is 0 Å². The van der Waals surface area contributed by atoms with Crippen LogP contribution in [-0.4, -0.2) is 29.0 Å². The summed E-state index contributed by atoms with van der Waals surface area (Å²) in [5.41, 5.74) is 2.33. The molecule has 1 aromatic carbocycles. The molecule has 4 heteroatoms. The molecule has 0 saturated carbocycles. The van der Waals surface area contributed by atoms with E-state index in [1.807, 2.05) is 11.7 Å². The molecule has 0 unspecified atom stereocenters. The SMILES string of the molecule is Cn1nc(CNC2CCOCC2)c2ccccc21. The third kappa shape index (κ3) is 2.26. The highest BCUT2D eigenvalue weighted by molar-refractivity contribution is 5.81. The molecule has 18 heavy (non-hydrogen) atoms. The molecule has 0 amide bonds. The molecule has 1 aliphatic heterocycles. The lowest BCUT2D eigenvalue weighted by atomic mass is 10.1. The molecule has 2 aromatic rings. The molecule has 1 saturated heterocycles. The fourth-order valence-corrected chi connectivity index (χ4v) is 2.56. The van der Waals surface area contributed by atoms with E-state index in [1.165, 1.54) is 10.9 Å². The molecule has 0 spiro atoms. The highest BCUT2D eigenvalue weighted by Crippen LogP contribution is 2.17. The molecule has 3 rings (SSSR count). The van der Waals surface area contributed by atoms with Crippen molar-refractivity contribution < 1.29 is 4.74 Å². The average Bonchev–Trinajstić information content (AvgIpc) is 2.75. The summed E-state index contributed by atoms with van der Waals surface area (Å²) in [6.07, 6.45) is 2.20. The van der Waals surface area contributed by atoms with Crippen LogP contribution in [0.4, 0.5) is 0 Å². The molecule has 1 fully saturated rings. The maximum atomic E-state index is 5.37. The van der Waals surface area contributed by atoms with Gasteiger partial charge in [-0.2, -0.15) is 5.10 Å². The lowest BCUT2D eigenvalue weighted by Crippen LogP contribution is -2.34. The second-order valence-corrected chi connectivity index (χ2v) is 4.85. The Morgan fingerprint density at radius 2 is 2.11 bits per heavy atom. The molecule has 1 N–H and O–H groups in total. The minimum absolute atomic E-state index is 0.569. The second-order valence-electron chi connectivity index (χ2n) is 4.85. The normalized spacial score (nSPS) is 17.4. The lowest BCUT2D eigenvalue weighted by Gasteiger charge is -2.22. The van der Waals surface area contributed by atoms with Crippen LogP contribution in [0.5, 0.6) is 0 Å². The van der Waals surface area contributed by atoms with Crippen molar-refractivity contribution in [3.63, 3.8) is 0 Å². The first kappa shape index (κ1) is 11.7. The first-order chi connectivity index (χ1) is 8.84. The molecule has 1 aliphatic rings. The Labute approximate surface area is 107 Å². The van der Waals surface area contributed by atoms with Crippen molar-refractivity contribution in [1.82, 2.24) is 15.1 Å². The van der Waals surface area contributed by atoms with E-state index in [9.17, 15) is 0 Å². The van der Waals surface area contributed by atoms with Crippen molar-refractivity contribution in [3.05, 3.63) is 30.0 Å². The van der Waals surface area contributed by atoms with Crippen LogP contribution in [0, 0.1) is 0 Å². The van der Waals surface area contributed by atoms with Gasteiger partial charge in [-0.15, -0.1) is 0 Å². The van der Waals surface area contributed by atoms with Crippen LogP contribution < -0.4 is 5.32 Å². The average molecular weight is 245 g/mol. The summed E-state index contributed by atoms with van der Waals surface area (Å²) in [4.78, 5) is 0. The minimum Gasteiger partial charge on any atom is -0.381 e. The number of rotatable bonds is 3. The van der Waals surface area contributed by atoms with Crippen LogP contribution in [0.2, 0.25) is 0 Å². The van der Waals surface area contributed by atoms with E-state index in [1.54, 1.807) is 0 Å². The summed E-state index contributed by atoms with van der Waals surface area (Å²) in [6, 6.07) is 8.95. The Kier molecular flexibility index (Phi) is 3.30. The summed E-state index contributed by atoms with van der Waals surface area (Å²) in [6.45, 7) is 2.59. The van der Waals surface area contributed by atoms with Gasteiger partial charge in [-0.3, -0.25) is 4.68 Å². The van der Waals surface area contributed by atoms with Crippen molar-refractivity contribution in [1.29, 1.82) is 0 Å².